The van der Waals surface area contributed by atoms with E-state index in [9.17, 15) is 9.59 Å². The largest absolute Gasteiger partial charge is 0.480 e. The van der Waals surface area contributed by atoms with Gasteiger partial charge >= 0.3 is 12.0 Å². The van der Waals surface area contributed by atoms with Gasteiger partial charge in [0.05, 0.1) is 0 Å². The molecule has 3 N–H and O–H groups in total. The summed E-state index contributed by atoms with van der Waals surface area (Å²) in [6.45, 7) is 5.67. The molecule has 2 amide bonds. The van der Waals surface area contributed by atoms with Gasteiger partial charge in [-0.1, -0.05) is 20.8 Å². The van der Waals surface area contributed by atoms with E-state index in [0.717, 1.165) is 19.3 Å². The van der Waals surface area contributed by atoms with Gasteiger partial charge in [-0.25, -0.2) is 4.79 Å². The zero-order chi connectivity index (χ0) is 11.9. The molecular weight excluding hydrogens is 196 g/mol. The van der Waals surface area contributed by atoms with Crippen LogP contribution < -0.4 is 10.6 Å². The topological polar surface area (TPSA) is 78.4 Å². The predicted molar refractivity (Wildman–Crippen MR) is 57.8 cm³/mol. The van der Waals surface area contributed by atoms with Crippen LogP contribution in [-0.4, -0.2) is 29.2 Å². The minimum Gasteiger partial charge on any atom is -0.480 e. The molecule has 0 radical (unpaired) electrons. The molecule has 0 atom stereocenters. The first-order valence-corrected chi connectivity index (χ1v) is 5.27. The number of urea groups is 1. The van der Waals surface area contributed by atoms with Crippen LogP contribution in [-0.2, 0) is 4.79 Å². The molecule has 0 bridgehead atoms. The lowest BCUT2D eigenvalue weighted by Gasteiger charge is -2.31. The smallest absolute Gasteiger partial charge is 0.323 e. The average Bonchev–Trinajstić information content (AvgIpc) is 2.23. The average molecular weight is 216 g/mol. The van der Waals surface area contributed by atoms with Gasteiger partial charge < -0.3 is 15.7 Å². The molecule has 0 aromatic heterocycles. The van der Waals surface area contributed by atoms with Crippen LogP contribution in [0, 0.1) is 0 Å². The molecule has 0 heterocycles. The Morgan fingerprint density at radius 3 is 1.93 bits per heavy atom. The molecule has 0 unspecified atom stereocenters. The van der Waals surface area contributed by atoms with E-state index in [4.69, 9.17) is 5.11 Å². The number of carbonyl (C=O) groups is 2. The van der Waals surface area contributed by atoms with Crippen molar-refractivity contribution in [2.75, 3.05) is 6.54 Å². The van der Waals surface area contributed by atoms with Crippen LogP contribution in [0.4, 0.5) is 4.79 Å². The highest BCUT2D eigenvalue weighted by Crippen LogP contribution is 2.18. The summed E-state index contributed by atoms with van der Waals surface area (Å²) >= 11 is 0. The van der Waals surface area contributed by atoms with Crippen LogP contribution >= 0.6 is 0 Å². The number of aliphatic carboxylic acids is 1. The van der Waals surface area contributed by atoms with E-state index in [2.05, 4.69) is 10.6 Å². The summed E-state index contributed by atoms with van der Waals surface area (Å²) in [6, 6.07) is -0.414. The predicted octanol–water partition coefficient (Wildman–Crippen LogP) is 1.34. The molecule has 0 spiro atoms. The van der Waals surface area contributed by atoms with Gasteiger partial charge in [-0.15, -0.1) is 0 Å². The van der Waals surface area contributed by atoms with Crippen molar-refractivity contribution in [2.24, 2.45) is 0 Å². The van der Waals surface area contributed by atoms with Crippen molar-refractivity contribution >= 4 is 12.0 Å². The standard InChI is InChI=1S/C10H20N2O3/c1-4-10(5-2,6-3)12-9(15)11-7-8(13)14/h4-7H2,1-3H3,(H,13,14)(H2,11,12,15). The second kappa shape index (κ2) is 6.27. The van der Waals surface area contributed by atoms with E-state index in [1.54, 1.807) is 0 Å². The maximum Gasteiger partial charge on any atom is 0.323 e. The molecule has 0 aromatic rings. The van der Waals surface area contributed by atoms with E-state index < -0.39 is 12.0 Å². The normalized spacial score (nSPS) is 10.9. The lowest BCUT2D eigenvalue weighted by Crippen LogP contribution is -2.51. The zero-order valence-corrected chi connectivity index (χ0v) is 9.59. The van der Waals surface area contributed by atoms with E-state index in [1.165, 1.54) is 0 Å². The molecule has 0 saturated heterocycles. The Hall–Kier alpha value is -1.26. The van der Waals surface area contributed by atoms with Crippen molar-refractivity contribution in [3.8, 4) is 0 Å². The number of carboxylic acids is 1. The molecule has 0 rings (SSSR count). The number of hydrogen-bond donors (Lipinski definition) is 3. The molecule has 0 aromatic carbocycles. The van der Waals surface area contributed by atoms with Gasteiger partial charge in [-0.3, -0.25) is 4.79 Å². The SMILES string of the molecule is CCC(CC)(CC)NC(=O)NCC(=O)O. The third-order valence-electron chi connectivity index (χ3n) is 2.81. The first-order chi connectivity index (χ1) is 6.99. The minimum atomic E-state index is -1.04. The summed E-state index contributed by atoms with van der Waals surface area (Å²) < 4.78 is 0. The fourth-order valence-corrected chi connectivity index (χ4v) is 1.46. The zero-order valence-electron chi connectivity index (χ0n) is 9.59. The van der Waals surface area contributed by atoms with Crippen LogP contribution in [0.1, 0.15) is 40.0 Å². The van der Waals surface area contributed by atoms with Crippen molar-refractivity contribution in [1.82, 2.24) is 10.6 Å². The lowest BCUT2D eigenvalue weighted by atomic mass is 9.90. The minimum absolute atomic E-state index is 0.220. The number of carbonyl (C=O) groups excluding carboxylic acids is 1. The Bertz CT molecular complexity index is 216. The van der Waals surface area contributed by atoms with Crippen LogP contribution in [0.5, 0.6) is 0 Å². The van der Waals surface area contributed by atoms with Gasteiger partial charge in [0.1, 0.15) is 6.54 Å². The number of nitrogens with one attached hydrogen (secondary N) is 2. The molecule has 5 heteroatoms. The van der Waals surface area contributed by atoms with Crippen LogP contribution in [0.2, 0.25) is 0 Å². The Kier molecular flexibility index (Phi) is 5.74. The van der Waals surface area contributed by atoms with Crippen molar-refractivity contribution in [1.29, 1.82) is 0 Å². The monoisotopic (exact) mass is 216 g/mol. The third kappa shape index (κ3) is 4.67. The van der Waals surface area contributed by atoms with Gasteiger partial charge in [0.15, 0.2) is 0 Å². The summed E-state index contributed by atoms with van der Waals surface area (Å²) in [6.07, 6.45) is 2.50. The number of hydrogen-bond acceptors (Lipinski definition) is 2. The van der Waals surface area contributed by atoms with E-state index in [-0.39, 0.29) is 12.1 Å². The maximum atomic E-state index is 11.4. The molecule has 5 nitrogen and oxygen atoms in total. The Balaban J connectivity index is 4.17. The van der Waals surface area contributed by atoms with E-state index in [0.29, 0.717) is 0 Å². The first-order valence-electron chi connectivity index (χ1n) is 5.27. The Labute approximate surface area is 90.2 Å². The highest BCUT2D eigenvalue weighted by Gasteiger charge is 2.25. The second-order valence-electron chi connectivity index (χ2n) is 3.54. The van der Waals surface area contributed by atoms with Gasteiger partial charge in [0.25, 0.3) is 0 Å². The lowest BCUT2D eigenvalue weighted by molar-refractivity contribution is -0.135. The van der Waals surface area contributed by atoms with E-state index >= 15 is 0 Å². The summed E-state index contributed by atoms with van der Waals surface area (Å²) in [7, 11) is 0. The molecular formula is C10H20N2O3. The summed E-state index contributed by atoms with van der Waals surface area (Å²) in [5, 5.41) is 13.5. The molecule has 0 aliphatic rings. The summed E-state index contributed by atoms with van der Waals surface area (Å²) in [5.74, 6) is -1.04. The van der Waals surface area contributed by atoms with Crippen molar-refractivity contribution in [2.45, 2.75) is 45.6 Å². The van der Waals surface area contributed by atoms with Gasteiger partial charge in [0.2, 0.25) is 0 Å². The Morgan fingerprint density at radius 2 is 1.60 bits per heavy atom. The fraction of sp³-hybridized carbons (Fsp3) is 0.800. The molecule has 0 aliphatic heterocycles. The number of amides is 2. The molecule has 88 valence electrons. The molecule has 0 fully saturated rings. The van der Waals surface area contributed by atoms with Crippen molar-refractivity contribution < 1.29 is 14.7 Å². The van der Waals surface area contributed by atoms with Crippen LogP contribution in [0.3, 0.4) is 0 Å². The summed E-state index contributed by atoms with van der Waals surface area (Å²) in [4.78, 5) is 21.6. The summed E-state index contributed by atoms with van der Waals surface area (Å²) in [5.41, 5.74) is -0.220. The first kappa shape index (κ1) is 13.7. The molecule has 0 saturated carbocycles. The van der Waals surface area contributed by atoms with Crippen LogP contribution in [0.25, 0.3) is 0 Å². The third-order valence-corrected chi connectivity index (χ3v) is 2.81. The van der Waals surface area contributed by atoms with Gasteiger partial charge in [0, 0.05) is 5.54 Å². The van der Waals surface area contributed by atoms with Crippen molar-refractivity contribution in [3.63, 3.8) is 0 Å². The van der Waals surface area contributed by atoms with Crippen molar-refractivity contribution in [3.05, 3.63) is 0 Å². The van der Waals surface area contributed by atoms with Crippen LogP contribution in [0.15, 0.2) is 0 Å². The molecule has 0 aliphatic carbocycles. The quantitative estimate of drug-likeness (QED) is 0.627. The van der Waals surface area contributed by atoms with E-state index in [1.807, 2.05) is 20.8 Å². The molecule has 15 heavy (non-hydrogen) atoms. The maximum absolute atomic E-state index is 11.4. The van der Waals surface area contributed by atoms with Gasteiger partial charge in [-0.05, 0) is 19.3 Å². The highest BCUT2D eigenvalue weighted by molar-refractivity contribution is 5.80. The highest BCUT2D eigenvalue weighted by atomic mass is 16.4. The number of rotatable bonds is 6. The second-order valence-corrected chi connectivity index (χ2v) is 3.54. The fourth-order valence-electron chi connectivity index (χ4n) is 1.46. The van der Waals surface area contributed by atoms with Gasteiger partial charge in [-0.2, -0.15) is 0 Å². The Morgan fingerprint density at radius 1 is 1.13 bits per heavy atom. The number of carboxylic acid groups (broad SMARTS) is 1.